The minimum absolute atomic E-state index is 0.143. The third-order valence-corrected chi connectivity index (χ3v) is 3.67. The third-order valence-electron chi connectivity index (χ3n) is 3.67. The highest BCUT2D eigenvalue weighted by Crippen LogP contribution is 2.32. The summed E-state index contributed by atoms with van der Waals surface area (Å²) in [6, 6.07) is 5.70. The highest BCUT2D eigenvalue weighted by Gasteiger charge is 2.27. The molecular formula is C14H21N3O2. The van der Waals surface area contributed by atoms with Crippen LogP contribution in [0, 0.1) is 0 Å². The largest absolute Gasteiger partial charge is 0.399 e. The molecule has 0 saturated heterocycles. The molecule has 19 heavy (non-hydrogen) atoms. The fraction of sp³-hybridized carbons (Fsp3) is 0.500. The van der Waals surface area contributed by atoms with E-state index in [-0.39, 0.29) is 6.61 Å². The predicted octanol–water partition coefficient (Wildman–Crippen LogP) is 1.11. The molecule has 0 aliphatic heterocycles. The second-order valence-corrected chi connectivity index (χ2v) is 5.00. The Morgan fingerprint density at radius 3 is 2.68 bits per heavy atom. The number of carbonyl (C=O) groups is 1. The average Bonchev–Trinajstić information content (AvgIpc) is 2.32. The van der Waals surface area contributed by atoms with Crippen LogP contribution in [0.3, 0.4) is 0 Å². The van der Waals surface area contributed by atoms with E-state index in [0.717, 1.165) is 25.1 Å². The Morgan fingerprint density at radius 1 is 1.42 bits per heavy atom. The zero-order valence-corrected chi connectivity index (χ0v) is 11.0. The molecule has 0 radical (unpaired) electrons. The second kappa shape index (κ2) is 5.93. The highest BCUT2D eigenvalue weighted by molar-refractivity contribution is 5.99. The first-order chi connectivity index (χ1) is 9.13. The van der Waals surface area contributed by atoms with Crippen molar-refractivity contribution in [2.24, 2.45) is 5.73 Å². The van der Waals surface area contributed by atoms with Gasteiger partial charge in [0.05, 0.1) is 5.56 Å². The van der Waals surface area contributed by atoms with Crippen LogP contribution in [0.1, 0.15) is 36.0 Å². The number of hydrogen-bond donors (Lipinski definition) is 3. The monoisotopic (exact) mass is 263 g/mol. The summed E-state index contributed by atoms with van der Waals surface area (Å²) < 4.78 is 0. The second-order valence-electron chi connectivity index (χ2n) is 5.00. The zero-order chi connectivity index (χ0) is 13.8. The van der Waals surface area contributed by atoms with Crippen LogP contribution in [0.25, 0.3) is 0 Å². The summed E-state index contributed by atoms with van der Waals surface area (Å²) in [6.07, 6.45) is 4.13. The van der Waals surface area contributed by atoms with E-state index >= 15 is 0 Å². The molecule has 1 amide bonds. The number of aliphatic hydroxyl groups is 1. The number of primary amides is 1. The topological polar surface area (TPSA) is 92.6 Å². The summed E-state index contributed by atoms with van der Waals surface area (Å²) in [5, 5.41) is 9.02. The molecule has 0 atom stereocenters. The van der Waals surface area contributed by atoms with Crippen molar-refractivity contribution in [3.8, 4) is 0 Å². The molecular weight excluding hydrogens is 242 g/mol. The fourth-order valence-electron chi connectivity index (χ4n) is 2.44. The smallest absolute Gasteiger partial charge is 0.250 e. The number of hydrogen-bond acceptors (Lipinski definition) is 4. The van der Waals surface area contributed by atoms with Gasteiger partial charge in [-0.15, -0.1) is 0 Å². The molecule has 2 rings (SSSR count). The van der Waals surface area contributed by atoms with Crippen LogP contribution in [0.2, 0.25) is 0 Å². The van der Waals surface area contributed by atoms with Crippen molar-refractivity contribution in [2.75, 3.05) is 23.8 Å². The van der Waals surface area contributed by atoms with E-state index in [0.29, 0.717) is 23.7 Å². The first-order valence-corrected chi connectivity index (χ1v) is 6.70. The fourth-order valence-corrected chi connectivity index (χ4v) is 2.44. The van der Waals surface area contributed by atoms with Crippen molar-refractivity contribution in [3.63, 3.8) is 0 Å². The number of aliphatic hydroxyl groups excluding tert-OH is 1. The minimum Gasteiger partial charge on any atom is -0.399 e. The van der Waals surface area contributed by atoms with Gasteiger partial charge in [-0.1, -0.05) is 0 Å². The molecule has 1 aliphatic carbocycles. The number of anilines is 2. The molecule has 0 heterocycles. The number of rotatable bonds is 6. The summed E-state index contributed by atoms with van der Waals surface area (Å²) in [7, 11) is 0. The van der Waals surface area contributed by atoms with E-state index in [1.807, 2.05) is 6.07 Å². The van der Waals surface area contributed by atoms with Gasteiger partial charge in [-0.05, 0) is 43.9 Å². The average molecular weight is 263 g/mol. The van der Waals surface area contributed by atoms with Crippen LogP contribution in [-0.2, 0) is 0 Å². The number of nitrogens with two attached hydrogens (primary N) is 2. The van der Waals surface area contributed by atoms with Crippen LogP contribution in [0.15, 0.2) is 18.2 Å². The molecule has 1 aromatic rings. The Hall–Kier alpha value is -1.75. The first-order valence-electron chi connectivity index (χ1n) is 6.70. The van der Waals surface area contributed by atoms with Crippen molar-refractivity contribution in [1.82, 2.24) is 0 Å². The van der Waals surface area contributed by atoms with Gasteiger partial charge in [0.2, 0.25) is 0 Å². The maximum Gasteiger partial charge on any atom is 0.250 e. The third kappa shape index (κ3) is 2.98. The van der Waals surface area contributed by atoms with Crippen LogP contribution in [0.5, 0.6) is 0 Å². The normalized spacial score (nSPS) is 15.0. The van der Waals surface area contributed by atoms with Gasteiger partial charge in [-0.25, -0.2) is 0 Å². The molecule has 104 valence electrons. The van der Waals surface area contributed by atoms with Gasteiger partial charge >= 0.3 is 0 Å². The van der Waals surface area contributed by atoms with Gasteiger partial charge in [0.15, 0.2) is 0 Å². The van der Waals surface area contributed by atoms with E-state index in [1.54, 1.807) is 12.1 Å². The number of nitrogens with zero attached hydrogens (tertiary/aromatic N) is 1. The summed E-state index contributed by atoms with van der Waals surface area (Å²) >= 11 is 0. The molecule has 1 fully saturated rings. The lowest BCUT2D eigenvalue weighted by Gasteiger charge is -2.40. The molecule has 5 nitrogen and oxygen atoms in total. The Labute approximate surface area is 113 Å². The Kier molecular flexibility index (Phi) is 4.27. The van der Waals surface area contributed by atoms with Crippen molar-refractivity contribution < 1.29 is 9.90 Å². The van der Waals surface area contributed by atoms with Crippen molar-refractivity contribution in [2.45, 2.75) is 31.7 Å². The van der Waals surface area contributed by atoms with E-state index in [2.05, 4.69) is 4.90 Å². The summed E-state index contributed by atoms with van der Waals surface area (Å²) in [5.74, 6) is -0.462. The Morgan fingerprint density at radius 2 is 2.16 bits per heavy atom. The van der Waals surface area contributed by atoms with E-state index < -0.39 is 5.91 Å². The lowest BCUT2D eigenvalue weighted by Crippen LogP contribution is -2.42. The van der Waals surface area contributed by atoms with Gasteiger partial charge in [0, 0.05) is 30.6 Å². The van der Waals surface area contributed by atoms with Gasteiger partial charge in [0.25, 0.3) is 5.91 Å². The number of amides is 1. The molecule has 1 aromatic carbocycles. The molecule has 1 aliphatic rings. The number of nitrogen functional groups attached to an aromatic ring is 1. The predicted molar refractivity (Wildman–Crippen MR) is 76.1 cm³/mol. The highest BCUT2D eigenvalue weighted by atomic mass is 16.3. The quantitative estimate of drug-likeness (QED) is 0.670. The standard InChI is InChI=1S/C14H21N3O2/c15-10-5-6-13(12(9-10)14(16)19)17(7-2-8-18)11-3-1-4-11/h5-6,9,11,18H,1-4,7-8,15H2,(H2,16,19). The molecule has 5 N–H and O–H groups in total. The lowest BCUT2D eigenvalue weighted by atomic mass is 9.90. The summed E-state index contributed by atoms with van der Waals surface area (Å²) in [4.78, 5) is 13.8. The van der Waals surface area contributed by atoms with E-state index in [4.69, 9.17) is 16.6 Å². The van der Waals surface area contributed by atoms with Crippen molar-refractivity contribution in [3.05, 3.63) is 23.8 Å². The maximum atomic E-state index is 11.6. The van der Waals surface area contributed by atoms with E-state index in [9.17, 15) is 4.79 Å². The van der Waals surface area contributed by atoms with Crippen LogP contribution < -0.4 is 16.4 Å². The Bertz CT molecular complexity index is 458. The summed E-state index contributed by atoms with van der Waals surface area (Å²) in [6.45, 7) is 0.870. The van der Waals surface area contributed by atoms with Crippen molar-refractivity contribution >= 4 is 17.3 Å². The van der Waals surface area contributed by atoms with Crippen LogP contribution >= 0.6 is 0 Å². The van der Waals surface area contributed by atoms with Crippen LogP contribution in [-0.4, -0.2) is 30.2 Å². The molecule has 0 spiro atoms. The van der Waals surface area contributed by atoms with Crippen LogP contribution in [0.4, 0.5) is 11.4 Å². The zero-order valence-electron chi connectivity index (χ0n) is 11.0. The van der Waals surface area contributed by atoms with E-state index in [1.165, 1.54) is 6.42 Å². The SMILES string of the molecule is NC(=O)c1cc(N)ccc1N(CCCO)C1CCC1. The molecule has 5 heteroatoms. The van der Waals surface area contributed by atoms with Gasteiger partial charge in [-0.2, -0.15) is 0 Å². The number of benzene rings is 1. The maximum absolute atomic E-state index is 11.6. The van der Waals surface area contributed by atoms with Gasteiger partial charge < -0.3 is 21.5 Å². The molecule has 0 aromatic heterocycles. The summed E-state index contributed by atoms with van der Waals surface area (Å²) in [5.41, 5.74) is 13.0. The Balaban J connectivity index is 2.31. The molecule has 1 saturated carbocycles. The molecule has 0 bridgehead atoms. The van der Waals surface area contributed by atoms with Gasteiger partial charge in [0.1, 0.15) is 0 Å². The first kappa shape index (κ1) is 13.7. The van der Waals surface area contributed by atoms with Crippen molar-refractivity contribution in [1.29, 1.82) is 0 Å². The number of carbonyl (C=O) groups excluding carboxylic acids is 1. The van der Waals surface area contributed by atoms with Gasteiger partial charge in [-0.3, -0.25) is 4.79 Å². The lowest BCUT2D eigenvalue weighted by molar-refractivity contribution is 0.100. The minimum atomic E-state index is -0.462. The molecule has 0 unspecified atom stereocenters.